The summed E-state index contributed by atoms with van der Waals surface area (Å²) in [5.41, 5.74) is 0. The van der Waals surface area contributed by atoms with Gasteiger partial charge in [0.15, 0.2) is 6.10 Å². The molecule has 0 aliphatic heterocycles. The highest BCUT2D eigenvalue weighted by Crippen LogP contribution is 2.13. The molecule has 144 valence electrons. The van der Waals surface area contributed by atoms with Crippen LogP contribution in [0.5, 0.6) is 0 Å². The monoisotopic (exact) mass is 342 g/mol. The SMILES string of the molecule is C=CC.CCCCCCCCCCCCCCCCC(O)C(=O)O. The third-order valence-electron chi connectivity index (χ3n) is 4.12. The van der Waals surface area contributed by atoms with Gasteiger partial charge in [-0.05, 0) is 13.3 Å². The van der Waals surface area contributed by atoms with Crippen LogP contribution >= 0.6 is 0 Å². The van der Waals surface area contributed by atoms with Crippen LogP contribution in [0.2, 0.25) is 0 Å². The first-order chi connectivity index (χ1) is 11.6. The molecule has 1 atom stereocenters. The summed E-state index contributed by atoms with van der Waals surface area (Å²) in [6.45, 7) is 7.51. The highest BCUT2D eigenvalue weighted by molar-refractivity contribution is 5.71. The number of carbonyl (C=O) groups is 1. The van der Waals surface area contributed by atoms with E-state index in [0.717, 1.165) is 12.8 Å². The maximum Gasteiger partial charge on any atom is 0.332 e. The smallest absolute Gasteiger partial charge is 0.332 e. The zero-order valence-electron chi connectivity index (χ0n) is 16.3. The minimum atomic E-state index is -1.16. The third kappa shape index (κ3) is 23.4. The molecule has 0 saturated heterocycles. The summed E-state index contributed by atoms with van der Waals surface area (Å²) in [5, 5.41) is 17.7. The topological polar surface area (TPSA) is 57.5 Å². The lowest BCUT2D eigenvalue weighted by Crippen LogP contribution is -2.18. The second-order valence-corrected chi connectivity index (χ2v) is 6.65. The van der Waals surface area contributed by atoms with Gasteiger partial charge in [-0.1, -0.05) is 103 Å². The summed E-state index contributed by atoms with van der Waals surface area (Å²) in [7, 11) is 0. The van der Waals surface area contributed by atoms with Crippen LogP contribution in [-0.4, -0.2) is 22.3 Å². The Morgan fingerprint density at radius 2 is 1.12 bits per heavy atom. The Morgan fingerprint density at radius 3 is 1.42 bits per heavy atom. The van der Waals surface area contributed by atoms with Gasteiger partial charge in [-0.2, -0.15) is 0 Å². The number of carboxylic acid groups (broad SMARTS) is 1. The van der Waals surface area contributed by atoms with Crippen molar-refractivity contribution in [1.29, 1.82) is 0 Å². The average Bonchev–Trinajstić information content (AvgIpc) is 2.55. The van der Waals surface area contributed by atoms with Gasteiger partial charge in [-0.3, -0.25) is 0 Å². The minimum Gasteiger partial charge on any atom is -0.479 e. The Balaban J connectivity index is 0. The zero-order valence-corrected chi connectivity index (χ0v) is 16.3. The lowest BCUT2D eigenvalue weighted by molar-refractivity contribution is -0.146. The summed E-state index contributed by atoms with van der Waals surface area (Å²) in [6.07, 6.45) is 19.0. The van der Waals surface area contributed by atoms with Crippen molar-refractivity contribution >= 4 is 5.97 Å². The molecule has 0 aliphatic carbocycles. The Kier molecular flexibility index (Phi) is 23.5. The molecule has 0 saturated carbocycles. The second-order valence-electron chi connectivity index (χ2n) is 6.65. The standard InChI is InChI=1S/C18H36O3.C3H6/c1-2-3-4-5-6-7-8-9-10-11-12-13-14-15-16-17(19)18(20)21;1-3-2/h17,19H,2-16H2,1H3,(H,20,21);3H,1H2,2H3. The molecule has 0 aromatic rings. The molecule has 0 amide bonds. The van der Waals surface area contributed by atoms with E-state index in [9.17, 15) is 4.79 Å². The fourth-order valence-electron chi connectivity index (χ4n) is 2.66. The van der Waals surface area contributed by atoms with E-state index in [1.54, 1.807) is 6.08 Å². The van der Waals surface area contributed by atoms with Gasteiger partial charge in [0.2, 0.25) is 0 Å². The van der Waals surface area contributed by atoms with Crippen LogP contribution in [0.4, 0.5) is 0 Å². The molecule has 0 radical (unpaired) electrons. The highest BCUT2D eigenvalue weighted by Gasteiger charge is 2.11. The number of hydrogen-bond donors (Lipinski definition) is 2. The molecule has 0 heterocycles. The number of carboxylic acids is 1. The first-order valence-electron chi connectivity index (χ1n) is 10.1. The van der Waals surface area contributed by atoms with Crippen LogP contribution in [0.15, 0.2) is 12.7 Å². The molecule has 0 fully saturated rings. The van der Waals surface area contributed by atoms with Crippen molar-refractivity contribution in [1.82, 2.24) is 0 Å². The van der Waals surface area contributed by atoms with E-state index in [0.29, 0.717) is 6.42 Å². The number of unbranched alkanes of at least 4 members (excludes halogenated alkanes) is 13. The van der Waals surface area contributed by atoms with Gasteiger partial charge in [0.05, 0.1) is 0 Å². The fourth-order valence-corrected chi connectivity index (χ4v) is 2.66. The van der Waals surface area contributed by atoms with Crippen molar-refractivity contribution in [3.63, 3.8) is 0 Å². The predicted molar refractivity (Wildman–Crippen MR) is 104 cm³/mol. The number of aliphatic hydroxyl groups excluding tert-OH is 1. The van der Waals surface area contributed by atoms with Gasteiger partial charge in [-0.25, -0.2) is 4.79 Å². The molecule has 0 rings (SSSR count). The Morgan fingerprint density at radius 1 is 0.833 bits per heavy atom. The Hall–Kier alpha value is -0.830. The van der Waals surface area contributed by atoms with Crippen molar-refractivity contribution in [2.45, 2.75) is 116 Å². The van der Waals surface area contributed by atoms with E-state index in [1.165, 1.54) is 77.0 Å². The average molecular weight is 343 g/mol. The Labute approximate surface area is 150 Å². The normalized spacial score (nSPS) is 11.5. The van der Waals surface area contributed by atoms with Gasteiger partial charge in [0, 0.05) is 0 Å². The van der Waals surface area contributed by atoms with Crippen molar-refractivity contribution in [3.05, 3.63) is 12.7 Å². The van der Waals surface area contributed by atoms with Gasteiger partial charge in [-0.15, -0.1) is 6.58 Å². The van der Waals surface area contributed by atoms with E-state index in [1.807, 2.05) is 6.92 Å². The first-order valence-corrected chi connectivity index (χ1v) is 10.1. The molecule has 24 heavy (non-hydrogen) atoms. The van der Waals surface area contributed by atoms with E-state index in [2.05, 4.69) is 13.5 Å². The number of rotatable bonds is 16. The summed E-state index contributed by atoms with van der Waals surface area (Å²) in [4.78, 5) is 10.4. The van der Waals surface area contributed by atoms with Crippen molar-refractivity contribution < 1.29 is 15.0 Å². The molecule has 0 spiro atoms. The number of hydrogen-bond acceptors (Lipinski definition) is 2. The molecule has 2 N–H and O–H groups in total. The van der Waals surface area contributed by atoms with Crippen molar-refractivity contribution in [3.8, 4) is 0 Å². The number of allylic oxidation sites excluding steroid dienone is 1. The van der Waals surface area contributed by atoms with Crippen molar-refractivity contribution in [2.24, 2.45) is 0 Å². The molecule has 0 aromatic heterocycles. The van der Waals surface area contributed by atoms with Crippen LogP contribution in [0, 0.1) is 0 Å². The van der Waals surface area contributed by atoms with Crippen LogP contribution in [-0.2, 0) is 4.79 Å². The molecule has 3 heteroatoms. The van der Waals surface area contributed by atoms with Crippen molar-refractivity contribution in [2.75, 3.05) is 0 Å². The minimum absolute atomic E-state index is 0.396. The Bertz CT molecular complexity index is 264. The quantitative estimate of drug-likeness (QED) is 0.249. The summed E-state index contributed by atoms with van der Waals surface area (Å²) >= 11 is 0. The number of aliphatic hydroxyl groups is 1. The van der Waals surface area contributed by atoms with Crippen LogP contribution in [0.25, 0.3) is 0 Å². The molecule has 3 nitrogen and oxygen atoms in total. The van der Waals surface area contributed by atoms with Crippen LogP contribution in [0.1, 0.15) is 110 Å². The van der Waals surface area contributed by atoms with Crippen LogP contribution < -0.4 is 0 Å². The lowest BCUT2D eigenvalue weighted by Gasteiger charge is -2.05. The fraction of sp³-hybridized carbons (Fsp3) is 0.857. The maximum atomic E-state index is 10.4. The van der Waals surface area contributed by atoms with E-state index >= 15 is 0 Å². The zero-order chi connectivity index (χ0) is 18.5. The first kappa shape index (κ1) is 25.4. The van der Waals surface area contributed by atoms with Gasteiger partial charge < -0.3 is 10.2 Å². The molecule has 0 aliphatic rings. The third-order valence-corrected chi connectivity index (χ3v) is 4.12. The van der Waals surface area contributed by atoms with E-state index in [4.69, 9.17) is 10.2 Å². The summed E-state index contributed by atoms with van der Waals surface area (Å²) < 4.78 is 0. The largest absolute Gasteiger partial charge is 0.479 e. The van der Waals surface area contributed by atoms with Gasteiger partial charge in [0.25, 0.3) is 0 Å². The maximum absolute atomic E-state index is 10.4. The second kappa shape index (κ2) is 22.2. The highest BCUT2D eigenvalue weighted by atomic mass is 16.4. The predicted octanol–water partition coefficient (Wildman–Crippen LogP) is 6.50. The molecule has 0 bridgehead atoms. The van der Waals surface area contributed by atoms with Gasteiger partial charge >= 0.3 is 5.97 Å². The van der Waals surface area contributed by atoms with Crippen LogP contribution in [0.3, 0.4) is 0 Å². The number of aliphatic carboxylic acids is 1. The van der Waals surface area contributed by atoms with Gasteiger partial charge in [0.1, 0.15) is 0 Å². The lowest BCUT2D eigenvalue weighted by atomic mass is 10.0. The van der Waals surface area contributed by atoms with E-state index in [-0.39, 0.29) is 0 Å². The summed E-state index contributed by atoms with van der Waals surface area (Å²) in [5.74, 6) is -1.09. The summed E-state index contributed by atoms with van der Waals surface area (Å²) in [6, 6.07) is 0. The van der Waals surface area contributed by atoms with E-state index < -0.39 is 12.1 Å². The molecular weight excluding hydrogens is 300 g/mol. The molecule has 1 unspecified atom stereocenters. The molecular formula is C21H42O3. The molecule has 0 aromatic carbocycles.